The summed E-state index contributed by atoms with van der Waals surface area (Å²) in [7, 11) is 0. The summed E-state index contributed by atoms with van der Waals surface area (Å²) in [6, 6.07) is 88.3. The Morgan fingerprint density at radius 3 is 1.13 bits per heavy atom. The van der Waals surface area contributed by atoms with E-state index < -0.39 is 41.7 Å². The molecule has 14 aromatic carbocycles. The Labute approximate surface area is 660 Å². The van der Waals surface area contributed by atoms with Gasteiger partial charge in [0, 0.05) is 66.8 Å². The van der Waals surface area contributed by atoms with Crippen molar-refractivity contribution in [3.8, 4) is 55.9 Å². The summed E-state index contributed by atoms with van der Waals surface area (Å²) in [5, 5.41) is 2.35. The van der Waals surface area contributed by atoms with Crippen molar-refractivity contribution < 1.29 is 11.0 Å². The molecule has 0 saturated carbocycles. The molecule has 4 heterocycles. The fourth-order valence-electron chi connectivity index (χ4n) is 18.9. The molecule has 0 bridgehead atoms. The summed E-state index contributed by atoms with van der Waals surface area (Å²) < 4.78 is 79.9. The second kappa shape index (κ2) is 23.7. The van der Waals surface area contributed by atoms with Crippen molar-refractivity contribution >= 4 is 101 Å². The van der Waals surface area contributed by atoms with Gasteiger partial charge in [-0.2, -0.15) is 0 Å². The van der Waals surface area contributed by atoms with Crippen molar-refractivity contribution in [2.24, 2.45) is 0 Å². The van der Waals surface area contributed by atoms with Gasteiger partial charge in [-0.05, 0) is 218 Å². The van der Waals surface area contributed by atoms with E-state index in [4.69, 9.17) is 2.74 Å². The van der Waals surface area contributed by atoms with Crippen LogP contribution in [0.15, 0.2) is 291 Å². The van der Waals surface area contributed by atoms with Crippen LogP contribution in [0.4, 0.5) is 34.1 Å². The first-order valence-electron chi connectivity index (χ1n) is 43.0. The van der Waals surface area contributed by atoms with Gasteiger partial charge in [-0.1, -0.05) is 304 Å². The van der Waals surface area contributed by atoms with Gasteiger partial charge in [-0.3, -0.25) is 0 Å². The van der Waals surface area contributed by atoms with Crippen molar-refractivity contribution in [2.45, 2.75) is 136 Å². The van der Waals surface area contributed by atoms with Crippen molar-refractivity contribution in [3.05, 3.63) is 341 Å². The van der Waals surface area contributed by atoms with Gasteiger partial charge in [-0.15, -0.1) is 0 Å². The molecule has 2 aliphatic heterocycles. The van der Waals surface area contributed by atoms with Gasteiger partial charge in [0.1, 0.15) is 0 Å². The minimum Gasteiger partial charge on any atom is -0.311 e. The van der Waals surface area contributed by atoms with Gasteiger partial charge < -0.3 is 18.9 Å². The fraction of sp³-hybridized carbons (Fsp3) is 0.200. The number of aromatic nitrogens is 2. The largest absolute Gasteiger partial charge is 0.311 e. The average Bonchev–Trinajstić information content (AvgIpc) is 1.41. The van der Waals surface area contributed by atoms with Crippen molar-refractivity contribution in [1.29, 1.82) is 0 Å². The molecule has 110 heavy (non-hydrogen) atoms. The zero-order valence-electron chi connectivity index (χ0n) is 73.5. The van der Waals surface area contributed by atoms with E-state index in [2.05, 4.69) is 355 Å². The number of para-hydroxylation sites is 3. The highest BCUT2D eigenvalue weighted by atomic mass is 15.2. The fourth-order valence-corrected chi connectivity index (χ4v) is 18.9. The second-order valence-corrected chi connectivity index (χ2v) is 36.3. The maximum atomic E-state index is 9.86. The summed E-state index contributed by atoms with van der Waals surface area (Å²) in [6.07, 6.45) is 0. The van der Waals surface area contributed by atoms with Crippen LogP contribution in [-0.2, 0) is 32.5 Å². The highest BCUT2D eigenvalue weighted by Gasteiger charge is 2.52. The van der Waals surface area contributed by atoms with Crippen LogP contribution in [-0.4, -0.2) is 15.8 Å². The highest BCUT2D eigenvalue weighted by molar-refractivity contribution is 7.00. The van der Waals surface area contributed by atoms with E-state index in [1.54, 1.807) is 4.57 Å². The van der Waals surface area contributed by atoms with E-state index in [9.17, 15) is 8.22 Å². The van der Waals surface area contributed by atoms with Crippen LogP contribution in [0.5, 0.6) is 0 Å². The molecule has 4 nitrogen and oxygen atoms in total. The molecule has 0 radical (unpaired) electrons. The molecule has 536 valence electrons. The number of rotatable bonds is 6. The van der Waals surface area contributed by atoms with E-state index in [-0.39, 0.29) is 67.6 Å². The number of fused-ring (bicyclic) bond motifs is 20. The van der Waals surface area contributed by atoms with Crippen molar-refractivity contribution in [2.75, 3.05) is 9.80 Å². The standard InChI is InChI=1S/C105H93BN4/c1-100(2,3)66-44-40-64(41-45-66)79-56-68(102(7,8)9)48-54-92(79)109-95-60-71(107-89-37-25-19-31-76(89)77-32-20-26-38-90(77)107)50-52-87(95)106-88-53-51-72(61-96(88)110(98-59-70(104(13,14)15)58-97(109)99(98)106)93-55-49-69(103(10,11)12)57-80(93)65-42-46-67(47-43-65)101(4,5)6)108-91-39-27-21-33-78(91)82-62-81-75-30-18-24-36-85(75)105(86(81)63-94(82)108)83-34-22-16-28-73(83)74-29-17-23-35-84(74)105/h16-63H,1-15H3/i19D,20D,25D,26D,31D,32D,37D,38D. The van der Waals surface area contributed by atoms with E-state index in [1.807, 2.05) is 6.07 Å². The molecule has 0 fully saturated rings. The summed E-state index contributed by atoms with van der Waals surface area (Å²) in [5.74, 6) is 0. The maximum absolute atomic E-state index is 9.86. The van der Waals surface area contributed by atoms with Gasteiger partial charge in [0.15, 0.2) is 0 Å². The Bertz CT molecular complexity index is 6950. The quantitative estimate of drug-likeness (QED) is 0.154. The predicted octanol–water partition coefficient (Wildman–Crippen LogP) is 26.1. The molecular formula is C105H93BN4. The second-order valence-electron chi connectivity index (χ2n) is 36.3. The summed E-state index contributed by atoms with van der Waals surface area (Å²) in [4.78, 5) is 5.04. The molecule has 0 unspecified atom stereocenters. The molecule has 0 N–H and O–H groups in total. The Balaban J connectivity index is 0.929. The third-order valence-corrected chi connectivity index (χ3v) is 24.6. The normalized spacial score (nSPS) is 15.2. The zero-order valence-corrected chi connectivity index (χ0v) is 65.5. The maximum Gasteiger partial charge on any atom is 0.252 e. The number of hydrogen-bond acceptors (Lipinski definition) is 2. The molecule has 0 atom stereocenters. The molecule has 2 aromatic heterocycles. The molecule has 1 spiro atoms. The number of anilines is 6. The van der Waals surface area contributed by atoms with Crippen molar-refractivity contribution in [1.82, 2.24) is 9.13 Å². The van der Waals surface area contributed by atoms with Crippen molar-refractivity contribution in [3.63, 3.8) is 0 Å². The molecule has 5 heteroatoms. The zero-order chi connectivity index (χ0) is 82.6. The summed E-state index contributed by atoms with van der Waals surface area (Å²) in [5.41, 5.74) is 30.9. The third-order valence-electron chi connectivity index (χ3n) is 24.6. The van der Waals surface area contributed by atoms with Crippen LogP contribution in [0, 0.1) is 0 Å². The average molecular weight is 1430 g/mol. The van der Waals surface area contributed by atoms with E-state index in [0.29, 0.717) is 5.69 Å². The Kier molecular flexibility index (Phi) is 12.8. The van der Waals surface area contributed by atoms with Gasteiger partial charge in [0.05, 0.1) is 49.8 Å². The van der Waals surface area contributed by atoms with E-state index in [1.165, 1.54) is 61.2 Å². The first-order valence-corrected chi connectivity index (χ1v) is 39.0. The topological polar surface area (TPSA) is 16.3 Å². The van der Waals surface area contributed by atoms with Crippen LogP contribution in [0.3, 0.4) is 0 Å². The Morgan fingerprint density at radius 1 is 0.273 bits per heavy atom. The SMILES string of the molecule is [2H]c1c([2H])c([2H])c2c(c1[2H])c1c([2H])c([2H])c([2H])c([2H])c1n2-c1ccc2c(c1)N(c1ccc(C(C)(C)C)cc1-c1ccc(C(C)(C)C)cc1)c1cc(C(C)(C)C)cc3c1B2c1ccc(-n2c4ccccc4c4cc5c(cc42)C2(c4ccccc4-c4ccccc42)c2ccccc2-5)cc1N3c1ccc(C(C)(C)C)cc1-c1ccc(C(C)(C)C)cc1. The molecular weight excluding hydrogens is 1330 g/mol. The first kappa shape index (κ1) is 59.3. The van der Waals surface area contributed by atoms with Gasteiger partial charge in [0.2, 0.25) is 0 Å². The molecule has 2 aliphatic carbocycles. The van der Waals surface area contributed by atoms with Crippen LogP contribution in [0.2, 0.25) is 0 Å². The van der Waals surface area contributed by atoms with Gasteiger partial charge >= 0.3 is 0 Å². The van der Waals surface area contributed by atoms with Crippen LogP contribution >= 0.6 is 0 Å². The van der Waals surface area contributed by atoms with Crippen LogP contribution in [0.25, 0.3) is 99.5 Å². The summed E-state index contributed by atoms with van der Waals surface area (Å²) >= 11 is 0. The summed E-state index contributed by atoms with van der Waals surface area (Å²) in [6.45, 7) is 33.7. The molecule has 0 saturated heterocycles. The Morgan fingerprint density at radius 2 is 0.673 bits per heavy atom. The lowest BCUT2D eigenvalue weighted by Crippen LogP contribution is -2.61. The molecule has 16 aromatic rings. The van der Waals surface area contributed by atoms with Gasteiger partial charge in [-0.25, -0.2) is 0 Å². The lowest BCUT2D eigenvalue weighted by Gasteiger charge is -2.46. The van der Waals surface area contributed by atoms with Crippen LogP contribution in [0.1, 0.15) is 165 Å². The lowest BCUT2D eigenvalue weighted by atomic mass is 9.33. The molecule has 0 amide bonds. The lowest BCUT2D eigenvalue weighted by molar-refractivity contribution is 0.589. The Hall–Kier alpha value is -11.7. The predicted molar refractivity (Wildman–Crippen MR) is 470 cm³/mol. The number of benzene rings is 14. The molecule has 20 rings (SSSR count). The number of hydrogen-bond donors (Lipinski definition) is 0. The minimum atomic E-state index is -0.599. The van der Waals surface area contributed by atoms with E-state index >= 15 is 0 Å². The van der Waals surface area contributed by atoms with E-state index in [0.717, 1.165) is 111 Å². The highest BCUT2D eigenvalue weighted by Crippen LogP contribution is 2.64. The number of nitrogens with zero attached hydrogens (tertiary/aromatic N) is 4. The monoisotopic (exact) mass is 1430 g/mol. The first-order chi connectivity index (χ1) is 56.0. The van der Waals surface area contributed by atoms with Gasteiger partial charge in [0.25, 0.3) is 6.71 Å². The smallest absolute Gasteiger partial charge is 0.252 e. The van der Waals surface area contributed by atoms with Crippen LogP contribution < -0.4 is 26.2 Å². The molecule has 4 aliphatic rings. The third kappa shape index (κ3) is 9.97. The minimum absolute atomic E-state index is 0.0229.